The van der Waals surface area contributed by atoms with Crippen LogP contribution in [0.4, 0.5) is 0 Å². The quantitative estimate of drug-likeness (QED) is 0.576. The highest BCUT2D eigenvalue weighted by Gasteiger charge is 2.13. The normalized spacial score (nSPS) is 10.6. The van der Waals surface area contributed by atoms with Crippen molar-refractivity contribution >= 4 is 16.7 Å². The fourth-order valence-corrected chi connectivity index (χ4v) is 3.23. The smallest absolute Gasteiger partial charge is 0.255 e. The molecule has 3 rings (SSSR count). The maximum atomic E-state index is 12.7. The number of methoxy groups -OCH3 is 1. The summed E-state index contributed by atoms with van der Waals surface area (Å²) in [5, 5.41) is 5.03. The number of carbonyl (C=O) groups is 1. The lowest BCUT2D eigenvalue weighted by Crippen LogP contribution is -2.26. The van der Waals surface area contributed by atoms with Crippen molar-refractivity contribution in [1.29, 1.82) is 0 Å². The van der Waals surface area contributed by atoms with Crippen LogP contribution in [0.2, 0.25) is 0 Å². The van der Waals surface area contributed by atoms with Gasteiger partial charge in [-0.3, -0.25) is 4.79 Å². The summed E-state index contributed by atoms with van der Waals surface area (Å²) in [6.45, 7) is 5.55. The van der Waals surface area contributed by atoms with Gasteiger partial charge in [0.25, 0.3) is 5.91 Å². The molecule has 0 aliphatic carbocycles. The molecular weight excluding hydrogens is 366 g/mol. The predicted molar refractivity (Wildman–Crippen MR) is 115 cm³/mol. The highest BCUT2D eigenvalue weighted by molar-refractivity contribution is 6.01. The Bertz CT molecular complexity index is 984. The van der Waals surface area contributed by atoms with Gasteiger partial charge in [0.05, 0.1) is 25.9 Å². The van der Waals surface area contributed by atoms with Gasteiger partial charge in [-0.1, -0.05) is 30.3 Å². The van der Waals surface area contributed by atoms with Crippen LogP contribution in [0, 0.1) is 0 Å². The van der Waals surface area contributed by atoms with Crippen molar-refractivity contribution in [3.8, 4) is 17.2 Å². The molecule has 0 fully saturated rings. The minimum Gasteiger partial charge on any atom is -0.496 e. The third kappa shape index (κ3) is 4.99. The van der Waals surface area contributed by atoms with E-state index in [4.69, 9.17) is 14.2 Å². The summed E-state index contributed by atoms with van der Waals surface area (Å²) >= 11 is 0. The molecule has 5 heteroatoms. The molecule has 1 N–H and O–H groups in total. The van der Waals surface area contributed by atoms with Gasteiger partial charge >= 0.3 is 0 Å². The predicted octanol–water partition coefficient (Wildman–Crippen LogP) is 4.62. The van der Waals surface area contributed by atoms with Gasteiger partial charge in [0.15, 0.2) is 11.5 Å². The highest BCUT2D eigenvalue weighted by atomic mass is 16.5. The Morgan fingerprint density at radius 2 is 1.55 bits per heavy atom. The summed E-state index contributed by atoms with van der Waals surface area (Å²) in [6, 6.07) is 17.6. The average molecular weight is 393 g/mol. The largest absolute Gasteiger partial charge is 0.496 e. The molecule has 0 atom stereocenters. The maximum absolute atomic E-state index is 12.7. The molecule has 0 radical (unpaired) electrons. The lowest BCUT2D eigenvalue weighted by atomic mass is 10.1. The fraction of sp³-hybridized carbons (Fsp3) is 0.292. The van der Waals surface area contributed by atoms with Gasteiger partial charge in [-0.25, -0.2) is 0 Å². The first-order valence-corrected chi connectivity index (χ1v) is 9.89. The lowest BCUT2D eigenvalue weighted by molar-refractivity contribution is 0.0951. The van der Waals surface area contributed by atoms with Crippen LogP contribution in [0.5, 0.6) is 17.2 Å². The van der Waals surface area contributed by atoms with Crippen LogP contribution >= 0.6 is 0 Å². The van der Waals surface area contributed by atoms with Crippen LogP contribution < -0.4 is 19.5 Å². The third-order valence-corrected chi connectivity index (χ3v) is 4.62. The van der Waals surface area contributed by atoms with Gasteiger partial charge in [0, 0.05) is 6.54 Å². The number of carbonyl (C=O) groups excluding carboxylic acids is 1. The van der Waals surface area contributed by atoms with Gasteiger partial charge in [-0.05, 0) is 60.9 Å². The molecule has 0 aromatic heterocycles. The molecule has 0 aliphatic heterocycles. The first-order valence-electron chi connectivity index (χ1n) is 9.89. The number of nitrogens with one attached hydrogen (secondary N) is 1. The van der Waals surface area contributed by atoms with E-state index in [-0.39, 0.29) is 5.91 Å². The molecule has 1 amide bonds. The summed E-state index contributed by atoms with van der Waals surface area (Å²) in [7, 11) is 1.58. The molecule has 0 bridgehead atoms. The summed E-state index contributed by atoms with van der Waals surface area (Å²) in [6.07, 6.45) is 0.689. The van der Waals surface area contributed by atoms with Crippen molar-refractivity contribution < 1.29 is 19.0 Å². The topological polar surface area (TPSA) is 56.8 Å². The second-order valence-corrected chi connectivity index (χ2v) is 6.55. The summed E-state index contributed by atoms with van der Waals surface area (Å²) in [5.41, 5.74) is 1.61. The highest BCUT2D eigenvalue weighted by Crippen LogP contribution is 2.29. The van der Waals surface area contributed by atoms with Crippen LogP contribution in [0.25, 0.3) is 10.8 Å². The lowest BCUT2D eigenvalue weighted by Gasteiger charge is -2.13. The summed E-state index contributed by atoms with van der Waals surface area (Å²) < 4.78 is 16.7. The molecule has 0 saturated carbocycles. The van der Waals surface area contributed by atoms with Crippen molar-refractivity contribution in [3.05, 3.63) is 65.7 Å². The molecule has 3 aromatic rings. The molecular formula is C24H27NO4. The molecule has 29 heavy (non-hydrogen) atoms. The van der Waals surface area contributed by atoms with Crippen molar-refractivity contribution in [2.75, 3.05) is 26.9 Å². The van der Waals surface area contributed by atoms with Crippen molar-refractivity contribution in [2.24, 2.45) is 0 Å². The number of fused-ring (bicyclic) bond motifs is 1. The van der Waals surface area contributed by atoms with Crippen LogP contribution in [0.15, 0.2) is 54.6 Å². The number of ether oxygens (including phenoxy) is 3. The first-order chi connectivity index (χ1) is 14.2. The Kier molecular flexibility index (Phi) is 6.95. The SMILES string of the molecule is CCOc1ccc(CCNC(=O)c2cc3ccccc3cc2OC)cc1OCC. The minimum absolute atomic E-state index is 0.149. The Morgan fingerprint density at radius 3 is 2.24 bits per heavy atom. The first kappa shape index (κ1) is 20.5. The molecule has 0 unspecified atom stereocenters. The molecule has 0 aliphatic rings. The van der Waals surface area contributed by atoms with Crippen molar-refractivity contribution in [1.82, 2.24) is 5.32 Å². The third-order valence-electron chi connectivity index (χ3n) is 4.62. The second kappa shape index (κ2) is 9.82. The van der Waals surface area contributed by atoms with E-state index in [1.807, 2.05) is 68.4 Å². The number of amides is 1. The van der Waals surface area contributed by atoms with Crippen LogP contribution in [0.1, 0.15) is 29.8 Å². The molecule has 0 spiro atoms. The van der Waals surface area contributed by atoms with Gasteiger partial charge in [-0.15, -0.1) is 0 Å². The number of hydrogen-bond acceptors (Lipinski definition) is 4. The van der Waals surface area contributed by atoms with E-state index in [1.165, 1.54) is 0 Å². The van der Waals surface area contributed by atoms with Crippen LogP contribution in [-0.4, -0.2) is 32.8 Å². The van der Waals surface area contributed by atoms with Gasteiger partial charge in [0.2, 0.25) is 0 Å². The molecule has 152 valence electrons. The summed E-state index contributed by atoms with van der Waals surface area (Å²) in [4.78, 5) is 12.7. The van der Waals surface area contributed by atoms with E-state index >= 15 is 0 Å². The van der Waals surface area contributed by atoms with E-state index in [2.05, 4.69) is 5.32 Å². The number of rotatable bonds is 9. The zero-order valence-electron chi connectivity index (χ0n) is 17.2. The maximum Gasteiger partial charge on any atom is 0.255 e. The Labute approximate surface area is 171 Å². The minimum atomic E-state index is -0.149. The standard InChI is InChI=1S/C24H27NO4/c1-4-28-21-11-10-17(14-23(21)29-5-2)12-13-25-24(26)20-15-18-8-6-7-9-19(18)16-22(20)27-3/h6-11,14-16H,4-5,12-13H2,1-3H3,(H,25,26). The molecule has 0 heterocycles. The molecule has 5 nitrogen and oxygen atoms in total. The zero-order valence-corrected chi connectivity index (χ0v) is 17.2. The zero-order chi connectivity index (χ0) is 20.6. The van der Waals surface area contributed by atoms with E-state index < -0.39 is 0 Å². The van der Waals surface area contributed by atoms with E-state index in [0.29, 0.717) is 37.5 Å². The van der Waals surface area contributed by atoms with E-state index in [9.17, 15) is 4.79 Å². The second-order valence-electron chi connectivity index (χ2n) is 6.55. The van der Waals surface area contributed by atoms with Crippen molar-refractivity contribution in [2.45, 2.75) is 20.3 Å². The van der Waals surface area contributed by atoms with E-state index in [1.54, 1.807) is 7.11 Å². The molecule has 3 aromatic carbocycles. The fourth-order valence-electron chi connectivity index (χ4n) is 3.23. The molecule has 0 saturated heterocycles. The Morgan fingerprint density at radius 1 is 0.862 bits per heavy atom. The monoisotopic (exact) mass is 393 g/mol. The van der Waals surface area contributed by atoms with Gasteiger partial charge < -0.3 is 19.5 Å². The van der Waals surface area contributed by atoms with Crippen LogP contribution in [0.3, 0.4) is 0 Å². The van der Waals surface area contributed by atoms with Crippen molar-refractivity contribution in [3.63, 3.8) is 0 Å². The number of hydrogen-bond donors (Lipinski definition) is 1. The Hall–Kier alpha value is -3.21. The van der Waals surface area contributed by atoms with Crippen LogP contribution in [-0.2, 0) is 6.42 Å². The number of benzene rings is 3. The average Bonchev–Trinajstić information content (AvgIpc) is 2.74. The summed E-state index contributed by atoms with van der Waals surface area (Å²) in [5.74, 6) is 1.89. The Balaban J connectivity index is 1.68. The van der Waals surface area contributed by atoms with Gasteiger partial charge in [-0.2, -0.15) is 0 Å². The van der Waals surface area contributed by atoms with E-state index in [0.717, 1.165) is 27.8 Å². The van der Waals surface area contributed by atoms with Gasteiger partial charge in [0.1, 0.15) is 5.75 Å².